The Bertz CT molecular complexity index is 1480. The highest BCUT2D eigenvalue weighted by Gasteiger charge is 2.26. The lowest BCUT2D eigenvalue weighted by molar-refractivity contribution is 0.0597. The van der Waals surface area contributed by atoms with Gasteiger partial charge in [-0.3, -0.25) is 14.2 Å². The van der Waals surface area contributed by atoms with Crippen LogP contribution < -0.4 is 5.56 Å². The van der Waals surface area contributed by atoms with E-state index in [1.807, 2.05) is 56.4 Å². The second kappa shape index (κ2) is 11.0. The minimum atomic E-state index is -0.711. The Kier molecular flexibility index (Phi) is 8.04. The number of pyridine rings is 1. The number of esters is 1. The number of rotatable bonds is 7. The molecule has 0 fully saturated rings. The van der Waals surface area contributed by atoms with Gasteiger partial charge in [0.1, 0.15) is 11.2 Å². The first-order valence-corrected chi connectivity index (χ1v) is 11.2. The van der Waals surface area contributed by atoms with E-state index in [4.69, 9.17) is 11.3 Å². The molecule has 0 aliphatic carbocycles. The van der Waals surface area contributed by atoms with Crippen LogP contribution in [0.1, 0.15) is 27.3 Å². The van der Waals surface area contributed by atoms with Crippen molar-refractivity contribution in [1.29, 1.82) is 0 Å². The molecule has 0 aliphatic heterocycles. The van der Waals surface area contributed by atoms with Crippen LogP contribution in [0.4, 0.5) is 5.69 Å². The highest BCUT2D eigenvalue weighted by molar-refractivity contribution is 5.94. The van der Waals surface area contributed by atoms with Gasteiger partial charge in [0.2, 0.25) is 5.69 Å². The van der Waals surface area contributed by atoms with Gasteiger partial charge in [0.05, 0.1) is 13.7 Å². The number of carbonyl (C=O) groups excluding carboxylic acids is 1. The van der Waals surface area contributed by atoms with Crippen LogP contribution in [0.5, 0.6) is 0 Å². The molecule has 4 rings (SSSR count). The minimum absolute atomic E-state index is 0. The van der Waals surface area contributed by atoms with E-state index in [2.05, 4.69) is 14.7 Å². The standard InChI is InChI=1S/C27H27N5O3.H2O/c1-18-9-11-19(12-10-18)23-22(17-30(3)15-13-20-8-6-7-14-29-20)32-25(24(23)28-2)31(4)16-21(26(32)33)27(34)35-5;/h6-12,14,16H,13,15,17H2,1,3-5H3;1H2. The number of hydrogen-bond donors (Lipinski definition) is 0. The van der Waals surface area contributed by atoms with Crippen LogP contribution in [0.15, 0.2) is 59.7 Å². The van der Waals surface area contributed by atoms with Crippen molar-refractivity contribution in [2.45, 2.75) is 19.9 Å². The Morgan fingerprint density at radius 2 is 1.92 bits per heavy atom. The van der Waals surface area contributed by atoms with Gasteiger partial charge in [0.25, 0.3) is 5.56 Å². The highest BCUT2D eigenvalue weighted by Crippen LogP contribution is 2.39. The number of methoxy groups -OCH3 is 1. The molecule has 9 nitrogen and oxygen atoms in total. The summed E-state index contributed by atoms with van der Waals surface area (Å²) < 4.78 is 7.99. The monoisotopic (exact) mass is 487 g/mol. The smallest absolute Gasteiger partial charge is 0.345 e. The summed E-state index contributed by atoms with van der Waals surface area (Å²) in [5.41, 5.74) is 4.51. The van der Waals surface area contributed by atoms with Crippen LogP contribution in [0, 0.1) is 13.5 Å². The fourth-order valence-corrected chi connectivity index (χ4v) is 4.28. The predicted molar refractivity (Wildman–Crippen MR) is 138 cm³/mol. The van der Waals surface area contributed by atoms with Gasteiger partial charge in [-0.1, -0.05) is 35.9 Å². The van der Waals surface area contributed by atoms with E-state index in [-0.39, 0.29) is 11.0 Å². The lowest BCUT2D eigenvalue weighted by atomic mass is 10.0. The highest BCUT2D eigenvalue weighted by atomic mass is 16.5. The third kappa shape index (κ3) is 4.91. The Hall–Kier alpha value is -4.26. The number of benzene rings is 1. The molecule has 2 N–H and O–H groups in total. The molecule has 0 bridgehead atoms. The van der Waals surface area contributed by atoms with Crippen molar-refractivity contribution in [3.63, 3.8) is 0 Å². The Labute approximate surface area is 209 Å². The first kappa shape index (κ1) is 26.3. The molecule has 0 atom stereocenters. The van der Waals surface area contributed by atoms with Gasteiger partial charge in [0.15, 0.2) is 0 Å². The van der Waals surface area contributed by atoms with Crippen molar-refractivity contribution < 1.29 is 15.0 Å². The van der Waals surface area contributed by atoms with E-state index in [9.17, 15) is 9.59 Å². The molecule has 36 heavy (non-hydrogen) atoms. The topological polar surface area (TPSA) is 105 Å². The number of aryl methyl sites for hydroxylation is 2. The van der Waals surface area contributed by atoms with Crippen molar-refractivity contribution in [2.24, 2.45) is 7.05 Å². The lowest BCUT2D eigenvalue weighted by Crippen LogP contribution is -2.29. The normalized spacial score (nSPS) is 10.8. The van der Waals surface area contributed by atoms with Crippen LogP contribution in [-0.4, -0.2) is 51.0 Å². The zero-order valence-electron chi connectivity index (χ0n) is 20.8. The molecule has 3 heterocycles. The van der Waals surface area contributed by atoms with Gasteiger partial charge in [0, 0.05) is 55.9 Å². The van der Waals surface area contributed by atoms with Crippen molar-refractivity contribution in [2.75, 3.05) is 20.7 Å². The minimum Gasteiger partial charge on any atom is -0.465 e. The molecule has 186 valence electrons. The van der Waals surface area contributed by atoms with Crippen molar-refractivity contribution in [3.05, 3.63) is 99.1 Å². The first-order valence-electron chi connectivity index (χ1n) is 11.2. The molecule has 0 saturated carbocycles. The molecular formula is C27H29N5O4. The molecule has 0 aliphatic rings. The summed E-state index contributed by atoms with van der Waals surface area (Å²) in [6.07, 6.45) is 3.94. The largest absolute Gasteiger partial charge is 0.465 e. The first-order chi connectivity index (χ1) is 16.8. The summed E-state index contributed by atoms with van der Waals surface area (Å²) in [6.45, 7) is 11.1. The number of likely N-dealkylation sites (N-methyl/N-ethyl adjacent to an activating group) is 1. The number of fused-ring (bicyclic) bond motifs is 1. The van der Waals surface area contributed by atoms with E-state index < -0.39 is 11.5 Å². The fraction of sp³-hybridized carbons (Fsp3) is 0.259. The van der Waals surface area contributed by atoms with E-state index in [1.165, 1.54) is 17.7 Å². The van der Waals surface area contributed by atoms with Gasteiger partial charge in [-0.25, -0.2) is 9.64 Å². The maximum absolute atomic E-state index is 13.5. The zero-order valence-corrected chi connectivity index (χ0v) is 20.8. The molecule has 9 heteroatoms. The van der Waals surface area contributed by atoms with E-state index in [0.717, 1.165) is 23.2 Å². The summed E-state index contributed by atoms with van der Waals surface area (Å²) >= 11 is 0. The molecule has 0 radical (unpaired) electrons. The summed E-state index contributed by atoms with van der Waals surface area (Å²) in [6, 6.07) is 13.7. The molecular weight excluding hydrogens is 458 g/mol. The third-order valence-electron chi connectivity index (χ3n) is 6.06. The van der Waals surface area contributed by atoms with Crippen LogP contribution in [0.3, 0.4) is 0 Å². The number of hydrogen-bond acceptors (Lipinski definition) is 5. The molecule has 1 aromatic carbocycles. The molecule has 0 saturated heterocycles. The molecule has 4 aromatic rings. The van der Waals surface area contributed by atoms with E-state index in [1.54, 1.807) is 17.8 Å². The molecule has 0 unspecified atom stereocenters. The molecule has 0 spiro atoms. The Morgan fingerprint density at radius 3 is 2.53 bits per heavy atom. The second-order valence-corrected chi connectivity index (χ2v) is 8.57. The Balaban J connectivity index is 0.00000361. The van der Waals surface area contributed by atoms with Gasteiger partial charge in [-0.15, -0.1) is 0 Å². The second-order valence-electron chi connectivity index (χ2n) is 8.57. The van der Waals surface area contributed by atoms with Crippen LogP contribution in [0.25, 0.3) is 21.6 Å². The zero-order chi connectivity index (χ0) is 25.1. The van der Waals surface area contributed by atoms with Crippen molar-refractivity contribution in [3.8, 4) is 11.1 Å². The average Bonchev–Trinajstić information content (AvgIpc) is 3.20. The van der Waals surface area contributed by atoms with E-state index in [0.29, 0.717) is 35.7 Å². The number of nitrogens with zero attached hydrogens (tertiary/aromatic N) is 5. The fourth-order valence-electron chi connectivity index (χ4n) is 4.28. The van der Waals surface area contributed by atoms with E-state index >= 15 is 0 Å². The van der Waals surface area contributed by atoms with Crippen molar-refractivity contribution >= 4 is 17.3 Å². The summed E-state index contributed by atoms with van der Waals surface area (Å²) in [7, 11) is 4.94. The molecule has 0 amide bonds. The molecule has 3 aromatic heterocycles. The average molecular weight is 488 g/mol. The Morgan fingerprint density at radius 1 is 1.19 bits per heavy atom. The SMILES string of the molecule is O.[C-]#[N+]c1c(-c2ccc(C)cc2)c(CN(C)CCc2ccccn2)n2c(=O)c(C(=O)OC)cn(C)c12. The van der Waals surface area contributed by atoms with Gasteiger partial charge in [-0.2, -0.15) is 0 Å². The van der Waals surface area contributed by atoms with Gasteiger partial charge >= 0.3 is 5.97 Å². The maximum Gasteiger partial charge on any atom is 0.345 e. The van der Waals surface area contributed by atoms with Gasteiger partial charge in [-0.05, 0) is 31.7 Å². The summed E-state index contributed by atoms with van der Waals surface area (Å²) in [5, 5.41) is 0. The quantitative estimate of drug-likeness (QED) is 0.294. The van der Waals surface area contributed by atoms with Gasteiger partial charge < -0.3 is 19.7 Å². The van der Waals surface area contributed by atoms with Crippen LogP contribution in [0.2, 0.25) is 0 Å². The van der Waals surface area contributed by atoms with Crippen LogP contribution in [-0.2, 0) is 24.8 Å². The van der Waals surface area contributed by atoms with Crippen molar-refractivity contribution in [1.82, 2.24) is 18.9 Å². The maximum atomic E-state index is 13.5. The third-order valence-corrected chi connectivity index (χ3v) is 6.06. The summed E-state index contributed by atoms with van der Waals surface area (Å²) in [5.74, 6) is -0.711. The van der Waals surface area contributed by atoms with Crippen LogP contribution >= 0.6 is 0 Å². The predicted octanol–water partition coefficient (Wildman–Crippen LogP) is 3.20. The number of ether oxygens (including phenoxy) is 1. The number of aromatic nitrogens is 3. The number of carbonyl (C=O) groups is 1. The summed E-state index contributed by atoms with van der Waals surface area (Å²) in [4.78, 5) is 36.2. The lowest BCUT2D eigenvalue weighted by Gasteiger charge is -2.18.